The number of imidazole rings is 1. The lowest BCUT2D eigenvalue weighted by atomic mass is 9.95. The summed E-state index contributed by atoms with van der Waals surface area (Å²) in [6.07, 6.45) is 9.02. The molecule has 5 nitrogen and oxygen atoms in total. The van der Waals surface area contributed by atoms with Gasteiger partial charge in [-0.3, -0.25) is 9.55 Å². The third-order valence-electron chi connectivity index (χ3n) is 4.27. The summed E-state index contributed by atoms with van der Waals surface area (Å²) >= 11 is 0. The maximum atomic E-state index is 4.79. The number of nitrogens with zero attached hydrogens (tertiary/aromatic N) is 4. The summed E-state index contributed by atoms with van der Waals surface area (Å²) in [6, 6.07) is 8.09. The molecule has 3 aromatic rings. The number of hydrogen-bond acceptors (Lipinski definition) is 4. The number of aromatic nitrogens is 4. The van der Waals surface area contributed by atoms with Crippen LogP contribution in [0.15, 0.2) is 43.0 Å². The van der Waals surface area contributed by atoms with Crippen molar-refractivity contribution in [1.82, 2.24) is 24.8 Å². The third kappa shape index (κ3) is 2.60. The van der Waals surface area contributed by atoms with Crippen molar-refractivity contribution in [2.45, 2.75) is 19.3 Å². The molecule has 4 rings (SSSR count). The second kappa shape index (κ2) is 5.85. The predicted molar refractivity (Wildman–Crippen MR) is 86.0 cm³/mol. The molecule has 3 heterocycles. The minimum absolute atomic E-state index is 0.665. The number of piperidine rings is 1. The minimum atomic E-state index is 0.665. The van der Waals surface area contributed by atoms with Crippen LogP contribution in [0, 0.1) is 5.92 Å². The Labute approximate surface area is 129 Å². The first-order chi connectivity index (χ1) is 10.9. The zero-order chi connectivity index (χ0) is 14.8. The molecular weight excluding hydrogens is 274 g/mol. The van der Waals surface area contributed by atoms with Gasteiger partial charge < -0.3 is 5.32 Å². The highest BCUT2D eigenvalue weighted by Gasteiger charge is 2.15. The molecule has 2 aromatic heterocycles. The number of benzene rings is 1. The Balaban J connectivity index is 1.63. The zero-order valence-corrected chi connectivity index (χ0v) is 12.4. The molecule has 0 bridgehead atoms. The minimum Gasteiger partial charge on any atom is -0.316 e. The van der Waals surface area contributed by atoms with Crippen LogP contribution >= 0.6 is 0 Å². The smallest absolute Gasteiger partial charge is 0.157 e. The Kier molecular flexibility index (Phi) is 3.56. The third-order valence-corrected chi connectivity index (χ3v) is 4.27. The van der Waals surface area contributed by atoms with E-state index in [1.165, 1.54) is 12.8 Å². The van der Waals surface area contributed by atoms with Crippen molar-refractivity contribution < 1.29 is 0 Å². The summed E-state index contributed by atoms with van der Waals surface area (Å²) in [7, 11) is 0. The van der Waals surface area contributed by atoms with Crippen LogP contribution in [-0.4, -0.2) is 32.6 Å². The fourth-order valence-corrected chi connectivity index (χ4v) is 3.14. The Morgan fingerprint density at radius 3 is 3.09 bits per heavy atom. The summed E-state index contributed by atoms with van der Waals surface area (Å²) in [6.45, 7) is 2.23. The molecule has 5 heteroatoms. The van der Waals surface area contributed by atoms with Crippen LogP contribution < -0.4 is 5.32 Å². The van der Waals surface area contributed by atoms with Gasteiger partial charge >= 0.3 is 0 Å². The van der Waals surface area contributed by atoms with Gasteiger partial charge in [0.15, 0.2) is 5.82 Å². The van der Waals surface area contributed by atoms with Crippen molar-refractivity contribution in [2.75, 3.05) is 13.1 Å². The number of hydrogen-bond donors (Lipinski definition) is 1. The van der Waals surface area contributed by atoms with E-state index in [0.29, 0.717) is 5.92 Å². The van der Waals surface area contributed by atoms with E-state index in [1.54, 1.807) is 6.20 Å². The van der Waals surface area contributed by atoms with Crippen LogP contribution in [-0.2, 0) is 6.42 Å². The number of fused-ring (bicyclic) bond motifs is 1. The summed E-state index contributed by atoms with van der Waals surface area (Å²) in [5.41, 5.74) is 3.10. The number of rotatable bonds is 3. The van der Waals surface area contributed by atoms with Crippen LogP contribution in [0.3, 0.4) is 0 Å². The van der Waals surface area contributed by atoms with Gasteiger partial charge in [0.2, 0.25) is 0 Å². The normalized spacial score (nSPS) is 18.6. The Morgan fingerprint density at radius 1 is 1.23 bits per heavy atom. The summed E-state index contributed by atoms with van der Waals surface area (Å²) in [5.74, 6) is 1.51. The molecule has 1 aliphatic rings. The molecule has 112 valence electrons. The topological polar surface area (TPSA) is 55.6 Å². The monoisotopic (exact) mass is 293 g/mol. The van der Waals surface area contributed by atoms with Crippen molar-refractivity contribution >= 4 is 11.0 Å². The fraction of sp³-hybridized carbons (Fsp3) is 0.353. The molecule has 0 spiro atoms. The van der Waals surface area contributed by atoms with Gasteiger partial charge in [-0.15, -0.1) is 0 Å². The maximum Gasteiger partial charge on any atom is 0.157 e. The van der Waals surface area contributed by atoms with Crippen molar-refractivity contribution in [3.8, 4) is 5.82 Å². The van der Waals surface area contributed by atoms with E-state index in [2.05, 4.69) is 21.4 Å². The lowest BCUT2D eigenvalue weighted by Crippen LogP contribution is -2.31. The van der Waals surface area contributed by atoms with Crippen LogP contribution in [0.2, 0.25) is 0 Å². The fourth-order valence-electron chi connectivity index (χ4n) is 3.14. The molecule has 0 saturated carbocycles. The van der Waals surface area contributed by atoms with Gasteiger partial charge in [0, 0.05) is 6.20 Å². The largest absolute Gasteiger partial charge is 0.316 e. The van der Waals surface area contributed by atoms with Crippen LogP contribution in [0.25, 0.3) is 16.9 Å². The average Bonchev–Trinajstić information content (AvgIpc) is 3.00. The van der Waals surface area contributed by atoms with Gasteiger partial charge in [-0.05, 0) is 50.4 Å². The predicted octanol–water partition coefficient (Wildman–Crippen LogP) is 2.36. The highest BCUT2D eigenvalue weighted by molar-refractivity contribution is 5.76. The van der Waals surface area contributed by atoms with Gasteiger partial charge in [0.25, 0.3) is 0 Å². The Bertz CT molecular complexity index is 773. The zero-order valence-electron chi connectivity index (χ0n) is 12.4. The Morgan fingerprint density at radius 2 is 2.18 bits per heavy atom. The maximum absolute atomic E-state index is 4.79. The standard InChI is InChI=1S/C17H19N5/c1-2-6-16-15(5-1)20-12-22(16)17-11-19-10-14(21-17)8-13-4-3-7-18-9-13/h1-2,5-6,10-13,18H,3-4,7-9H2/t13-/m0/s1. The molecule has 1 fully saturated rings. The summed E-state index contributed by atoms with van der Waals surface area (Å²) in [4.78, 5) is 13.6. The van der Waals surface area contributed by atoms with Crippen molar-refractivity contribution in [3.05, 3.63) is 48.7 Å². The van der Waals surface area contributed by atoms with Crippen molar-refractivity contribution in [1.29, 1.82) is 0 Å². The lowest BCUT2D eigenvalue weighted by molar-refractivity contribution is 0.373. The van der Waals surface area contributed by atoms with Gasteiger partial charge in [0.05, 0.1) is 22.9 Å². The van der Waals surface area contributed by atoms with Gasteiger partial charge in [-0.2, -0.15) is 0 Å². The molecule has 0 unspecified atom stereocenters. The van der Waals surface area contributed by atoms with Gasteiger partial charge in [-0.1, -0.05) is 12.1 Å². The molecule has 22 heavy (non-hydrogen) atoms. The van der Waals surface area contributed by atoms with Gasteiger partial charge in [-0.25, -0.2) is 9.97 Å². The van der Waals surface area contributed by atoms with Crippen LogP contribution in [0.1, 0.15) is 18.5 Å². The quantitative estimate of drug-likeness (QED) is 0.805. The number of para-hydroxylation sites is 2. The number of nitrogens with one attached hydrogen (secondary N) is 1. The molecule has 0 radical (unpaired) electrons. The van der Waals surface area contributed by atoms with E-state index in [0.717, 1.165) is 42.1 Å². The molecule has 1 N–H and O–H groups in total. The van der Waals surface area contributed by atoms with E-state index >= 15 is 0 Å². The first-order valence-electron chi connectivity index (χ1n) is 7.84. The van der Waals surface area contributed by atoms with Crippen LogP contribution in [0.5, 0.6) is 0 Å². The molecule has 1 aromatic carbocycles. The first kappa shape index (κ1) is 13.4. The lowest BCUT2D eigenvalue weighted by Gasteiger charge is -2.22. The molecule has 0 aliphatic carbocycles. The van der Waals surface area contributed by atoms with E-state index in [9.17, 15) is 0 Å². The molecule has 1 aliphatic heterocycles. The van der Waals surface area contributed by atoms with E-state index in [4.69, 9.17) is 4.98 Å². The molecule has 0 amide bonds. The second-order valence-corrected chi connectivity index (χ2v) is 5.89. The second-order valence-electron chi connectivity index (χ2n) is 5.89. The van der Waals surface area contributed by atoms with E-state index in [-0.39, 0.29) is 0 Å². The highest BCUT2D eigenvalue weighted by Crippen LogP contribution is 2.18. The first-order valence-corrected chi connectivity index (χ1v) is 7.84. The average molecular weight is 293 g/mol. The molecule has 1 saturated heterocycles. The van der Waals surface area contributed by atoms with Crippen molar-refractivity contribution in [3.63, 3.8) is 0 Å². The highest BCUT2D eigenvalue weighted by atomic mass is 15.1. The van der Waals surface area contributed by atoms with E-state index < -0.39 is 0 Å². The van der Waals surface area contributed by atoms with Crippen LogP contribution in [0.4, 0.5) is 0 Å². The van der Waals surface area contributed by atoms with Gasteiger partial charge in [0.1, 0.15) is 6.33 Å². The summed E-state index contributed by atoms with van der Waals surface area (Å²) in [5, 5.41) is 3.46. The van der Waals surface area contributed by atoms with E-state index in [1.807, 2.05) is 35.3 Å². The Hall–Kier alpha value is -2.27. The summed E-state index contributed by atoms with van der Waals surface area (Å²) < 4.78 is 2.00. The molecule has 1 atom stereocenters. The molecular formula is C17H19N5. The SMILES string of the molecule is c1ccc2c(c1)ncn2-c1cncc(C[C@@H]2CCCNC2)n1. The van der Waals surface area contributed by atoms with Crippen molar-refractivity contribution in [2.24, 2.45) is 5.92 Å².